The van der Waals surface area contributed by atoms with Gasteiger partial charge in [-0.25, -0.2) is 0 Å². The van der Waals surface area contributed by atoms with Crippen molar-refractivity contribution in [3.8, 4) is 5.75 Å². The summed E-state index contributed by atoms with van der Waals surface area (Å²) in [6.07, 6.45) is 4.32. The molecule has 0 spiro atoms. The number of nitrogens with zero attached hydrogens (tertiary/aromatic N) is 1. The predicted molar refractivity (Wildman–Crippen MR) is 85.0 cm³/mol. The van der Waals surface area contributed by atoms with Crippen molar-refractivity contribution < 1.29 is 24.6 Å². The first kappa shape index (κ1) is 16.0. The van der Waals surface area contributed by atoms with Gasteiger partial charge in [-0.3, -0.25) is 10.0 Å². The molecule has 23 heavy (non-hydrogen) atoms. The average Bonchev–Trinajstić information content (AvgIpc) is 2.51. The lowest BCUT2D eigenvalue weighted by molar-refractivity contribution is -0.809. The molecule has 1 aliphatic heterocycles. The minimum Gasteiger partial charge on any atom is -0.426 e. The van der Waals surface area contributed by atoms with Crippen LogP contribution in [0, 0.1) is 5.92 Å². The quantitative estimate of drug-likeness (QED) is 0.224. The van der Waals surface area contributed by atoms with Gasteiger partial charge in [0.05, 0.1) is 11.8 Å². The Kier molecular flexibility index (Phi) is 4.15. The van der Waals surface area contributed by atoms with E-state index in [-0.39, 0.29) is 17.8 Å². The van der Waals surface area contributed by atoms with E-state index in [4.69, 9.17) is 4.74 Å². The number of unbranched alkanes of at least 4 members (excludes halogenated alkanes) is 1. The second-order valence-electron chi connectivity index (χ2n) is 6.78. The van der Waals surface area contributed by atoms with Gasteiger partial charge in [0.25, 0.3) is 0 Å². The molecule has 1 aromatic rings. The Morgan fingerprint density at radius 1 is 1.43 bits per heavy atom. The zero-order valence-corrected chi connectivity index (χ0v) is 13.6. The van der Waals surface area contributed by atoms with E-state index in [1.807, 2.05) is 25.1 Å². The van der Waals surface area contributed by atoms with Crippen molar-refractivity contribution in [2.75, 3.05) is 0 Å². The van der Waals surface area contributed by atoms with Crippen LogP contribution in [-0.4, -0.2) is 38.9 Å². The van der Waals surface area contributed by atoms with Gasteiger partial charge >= 0.3 is 5.97 Å². The highest BCUT2D eigenvalue weighted by molar-refractivity contribution is 5.79. The van der Waals surface area contributed by atoms with E-state index in [9.17, 15) is 15.1 Å². The number of benzene rings is 1. The zero-order valence-electron chi connectivity index (χ0n) is 13.6. The van der Waals surface area contributed by atoms with Crippen LogP contribution in [0.25, 0.3) is 0 Å². The topological polar surface area (TPSA) is 69.8 Å². The molecule has 1 saturated carbocycles. The summed E-state index contributed by atoms with van der Waals surface area (Å²) in [6.45, 7) is 3.76. The number of rotatable bonds is 3. The summed E-state index contributed by atoms with van der Waals surface area (Å²) < 4.78 is 6.57. The third kappa shape index (κ3) is 2.74. The van der Waals surface area contributed by atoms with Crippen LogP contribution in [0.1, 0.15) is 51.0 Å². The average molecular weight is 318 g/mol. The molecule has 1 heterocycles. The van der Waals surface area contributed by atoms with Gasteiger partial charge in [0.1, 0.15) is 11.4 Å². The van der Waals surface area contributed by atoms with Crippen LogP contribution in [0.15, 0.2) is 24.3 Å². The number of hydrogen-bond acceptors (Lipinski definition) is 4. The molecular weight excluding hydrogens is 294 g/mol. The molecule has 0 unspecified atom stereocenters. The molecule has 0 radical (unpaired) electrons. The largest absolute Gasteiger partial charge is 0.426 e. The van der Waals surface area contributed by atoms with Crippen molar-refractivity contribution in [3.63, 3.8) is 0 Å². The molecule has 0 amide bonds. The number of fused-ring (bicyclic) bond motifs is 3. The van der Waals surface area contributed by atoms with Gasteiger partial charge in [-0.15, -0.1) is 0 Å². The van der Waals surface area contributed by atoms with Gasteiger partial charge in [-0.1, -0.05) is 25.1 Å². The minimum atomic E-state index is -1.08. The maximum atomic E-state index is 12.4. The van der Waals surface area contributed by atoms with E-state index in [0.29, 0.717) is 25.0 Å². The summed E-state index contributed by atoms with van der Waals surface area (Å²) in [4.78, 5) is 12.4. The highest BCUT2D eigenvalue weighted by Gasteiger charge is 2.58. The van der Waals surface area contributed by atoms with Crippen molar-refractivity contribution in [1.82, 2.24) is 0 Å². The van der Waals surface area contributed by atoms with Crippen LogP contribution >= 0.6 is 0 Å². The van der Waals surface area contributed by atoms with E-state index in [1.54, 1.807) is 19.2 Å². The third-order valence-electron chi connectivity index (χ3n) is 5.05. The molecule has 124 valence electrons. The van der Waals surface area contributed by atoms with Gasteiger partial charge in [-0.05, 0) is 37.0 Å². The first-order valence-electron chi connectivity index (χ1n) is 8.29. The Morgan fingerprint density at radius 2 is 2.17 bits per heavy atom. The molecule has 5 nitrogen and oxygen atoms in total. The summed E-state index contributed by atoms with van der Waals surface area (Å²) >= 11 is 0. The highest BCUT2D eigenvalue weighted by Crippen LogP contribution is 2.49. The van der Waals surface area contributed by atoms with Crippen LogP contribution in [0.5, 0.6) is 5.75 Å². The number of carbonyl (C=O) groups is 1. The zero-order chi connectivity index (χ0) is 16.6. The Morgan fingerprint density at radius 3 is 2.91 bits per heavy atom. The molecule has 3 rings (SSSR count). The van der Waals surface area contributed by atoms with Crippen molar-refractivity contribution >= 4 is 12.2 Å². The highest BCUT2D eigenvalue weighted by atomic mass is 16.5. The second-order valence-corrected chi connectivity index (χ2v) is 6.78. The van der Waals surface area contributed by atoms with E-state index in [1.165, 1.54) is 0 Å². The molecule has 2 aliphatic rings. The fraction of sp³-hybridized carbons (Fsp3) is 0.556. The van der Waals surface area contributed by atoms with Crippen LogP contribution in [-0.2, 0) is 4.79 Å². The van der Waals surface area contributed by atoms with Gasteiger partial charge < -0.3 is 9.84 Å². The normalized spacial score (nSPS) is 33.6. The number of aliphatic hydroxyl groups is 1. The fourth-order valence-electron chi connectivity index (χ4n) is 3.89. The molecule has 0 saturated heterocycles. The van der Waals surface area contributed by atoms with E-state index in [2.05, 4.69) is 0 Å². The van der Waals surface area contributed by atoms with Crippen molar-refractivity contribution in [2.24, 2.45) is 5.92 Å². The smallest absolute Gasteiger partial charge is 0.315 e. The molecule has 0 aromatic heterocycles. The maximum Gasteiger partial charge on any atom is 0.315 e. The Balaban J connectivity index is 2.09. The third-order valence-corrected chi connectivity index (χ3v) is 5.05. The number of carbonyl (C=O) groups excluding carboxylic acids is 1. The predicted octanol–water partition coefficient (Wildman–Crippen LogP) is 2.49. The van der Waals surface area contributed by atoms with Gasteiger partial charge in [0.15, 0.2) is 6.21 Å². The molecule has 1 aromatic carbocycles. The minimum absolute atomic E-state index is 0.266. The van der Waals surface area contributed by atoms with E-state index in [0.717, 1.165) is 16.7 Å². The molecular formula is C18H24NO4+. The number of esters is 1. The molecule has 0 bridgehead atoms. The molecule has 5 heteroatoms. The lowest BCUT2D eigenvalue weighted by Gasteiger charge is -2.43. The first-order chi connectivity index (χ1) is 11.0. The Hall–Kier alpha value is -1.88. The SMILES string of the molecule is CCC/C=[N+](\O)[C@H]1[C@@H]2c3ccccc3OC(=O)[C@@H]2CC[C@@]1(C)O. The number of hydrogen-bond donors (Lipinski definition) is 2. The number of ether oxygens (including phenoxy) is 1. The standard InChI is InChI=1S/C18H24NO4/c1-3-4-11-19(22)16-15-12-7-5-6-8-14(12)23-17(20)13(15)9-10-18(16,2)21/h5-8,11,13,15-16,21-22H,3-4,9-10H2,1-2H3/q+1/b19-11-/t13-,15-,16+,18-/m1/s1. The van der Waals surface area contributed by atoms with Crippen molar-refractivity contribution in [2.45, 2.75) is 57.1 Å². The monoisotopic (exact) mass is 318 g/mol. The molecule has 1 fully saturated rings. The van der Waals surface area contributed by atoms with Crippen LogP contribution in [0.3, 0.4) is 0 Å². The summed E-state index contributed by atoms with van der Waals surface area (Å²) in [6, 6.07) is 6.83. The molecule has 2 N–H and O–H groups in total. The summed E-state index contributed by atoms with van der Waals surface area (Å²) in [5.41, 5.74) is -0.198. The van der Waals surface area contributed by atoms with Crippen LogP contribution in [0.2, 0.25) is 0 Å². The summed E-state index contributed by atoms with van der Waals surface area (Å²) in [5, 5.41) is 21.4. The van der Waals surface area contributed by atoms with Gasteiger partial charge in [0, 0.05) is 12.0 Å². The molecule has 4 atom stereocenters. The number of hydroxylamine groups is 1. The Labute approximate surface area is 136 Å². The van der Waals surface area contributed by atoms with Crippen molar-refractivity contribution in [1.29, 1.82) is 0 Å². The van der Waals surface area contributed by atoms with Gasteiger partial charge in [-0.2, -0.15) is 0 Å². The summed E-state index contributed by atoms with van der Waals surface area (Å²) in [5.74, 6) is -0.349. The van der Waals surface area contributed by atoms with Gasteiger partial charge in [0.2, 0.25) is 6.04 Å². The second kappa shape index (κ2) is 5.96. The first-order valence-corrected chi connectivity index (χ1v) is 8.29. The van der Waals surface area contributed by atoms with Crippen molar-refractivity contribution in [3.05, 3.63) is 29.8 Å². The number of para-hydroxylation sites is 1. The van der Waals surface area contributed by atoms with E-state index >= 15 is 0 Å². The Bertz CT molecular complexity index is 638. The van der Waals surface area contributed by atoms with Crippen LogP contribution in [0.4, 0.5) is 0 Å². The van der Waals surface area contributed by atoms with E-state index < -0.39 is 11.6 Å². The summed E-state index contributed by atoms with van der Waals surface area (Å²) in [7, 11) is 0. The maximum absolute atomic E-state index is 12.4. The van der Waals surface area contributed by atoms with Crippen LogP contribution < -0.4 is 4.74 Å². The molecule has 1 aliphatic carbocycles. The lowest BCUT2D eigenvalue weighted by atomic mass is 9.65. The fourth-order valence-corrected chi connectivity index (χ4v) is 3.89. The lowest BCUT2D eigenvalue weighted by Crippen LogP contribution is -2.57.